The van der Waals surface area contributed by atoms with Gasteiger partial charge in [0.15, 0.2) is 0 Å². The van der Waals surface area contributed by atoms with E-state index in [1.165, 1.54) is 0 Å². The first-order chi connectivity index (χ1) is 19.8. The second-order valence-electron chi connectivity index (χ2n) is 11.2. The SMILES string of the molecule is COc1ccc(CC2CC(C(=O)N3CCC(c4nc(-c5ccc6c(C)nn(C)c6c5)no4)CC3)CC2=O)c(OC)c1. The molecule has 2 aromatic carbocycles. The number of carbonyl (C=O) groups excluding carboxylic acids is 2. The standard InChI is InChI=1S/C31H35N5O5/c1-18-25-8-6-21(15-26(25)35(2)33-18)29-32-30(41-34-29)19-9-11-36(12-10-19)31(38)23-14-22(27(37)16-23)13-20-5-7-24(39-3)17-28(20)40-4/h5-8,15,17,19,22-23H,9-14,16H2,1-4H3. The van der Waals surface area contributed by atoms with Crippen LogP contribution in [0.4, 0.5) is 0 Å². The zero-order valence-corrected chi connectivity index (χ0v) is 23.9. The Morgan fingerprint density at radius 3 is 2.66 bits per heavy atom. The molecule has 2 aromatic heterocycles. The van der Waals surface area contributed by atoms with Crippen LogP contribution in [0.5, 0.6) is 11.5 Å². The van der Waals surface area contributed by atoms with E-state index < -0.39 is 0 Å². The second kappa shape index (κ2) is 11.0. The van der Waals surface area contributed by atoms with Gasteiger partial charge in [0.05, 0.1) is 25.4 Å². The molecule has 41 heavy (non-hydrogen) atoms. The number of rotatable bonds is 7. The van der Waals surface area contributed by atoms with E-state index in [0.717, 1.165) is 40.6 Å². The fourth-order valence-electron chi connectivity index (χ4n) is 6.34. The van der Waals surface area contributed by atoms with Crippen LogP contribution in [0, 0.1) is 18.8 Å². The first-order valence-electron chi connectivity index (χ1n) is 14.1. The van der Waals surface area contributed by atoms with Gasteiger partial charge in [-0.2, -0.15) is 10.1 Å². The number of aromatic nitrogens is 4. The van der Waals surface area contributed by atoms with Crippen molar-refractivity contribution in [2.75, 3.05) is 27.3 Å². The van der Waals surface area contributed by atoms with Crippen molar-refractivity contribution in [1.29, 1.82) is 0 Å². The van der Waals surface area contributed by atoms with Gasteiger partial charge in [-0.1, -0.05) is 23.4 Å². The van der Waals surface area contributed by atoms with E-state index in [-0.39, 0.29) is 29.4 Å². The average molecular weight is 558 g/mol. The molecule has 2 fully saturated rings. The van der Waals surface area contributed by atoms with Crippen molar-refractivity contribution in [3.8, 4) is 22.9 Å². The molecule has 1 saturated carbocycles. The van der Waals surface area contributed by atoms with Gasteiger partial charge >= 0.3 is 0 Å². The highest BCUT2D eigenvalue weighted by Crippen LogP contribution is 2.36. The lowest BCUT2D eigenvalue weighted by Gasteiger charge is -2.32. The van der Waals surface area contributed by atoms with E-state index in [9.17, 15) is 9.59 Å². The van der Waals surface area contributed by atoms with Crippen LogP contribution in [0.25, 0.3) is 22.3 Å². The zero-order chi connectivity index (χ0) is 28.7. The molecule has 1 aliphatic heterocycles. The van der Waals surface area contributed by atoms with Crippen LogP contribution in [-0.2, 0) is 23.1 Å². The Morgan fingerprint density at radius 2 is 1.90 bits per heavy atom. The smallest absolute Gasteiger partial charge is 0.230 e. The van der Waals surface area contributed by atoms with Crippen molar-refractivity contribution in [2.24, 2.45) is 18.9 Å². The number of piperidine rings is 1. The molecule has 0 bridgehead atoms. The van der Waals surface area contributed by atoms with Gasteiger partial charge in [-0.3, -0.25) is 14.3 Å². The first-order valence-corrected chi connectivity index (χ1v) is 14.1. The van der Waals surface area contributed by atoms with Crippen molar-refractivity contribution in [3.63, 3.8) is 0 Å². The number of nitrogens with zero attached hydrogens (tertiary/aromatic N) is 5. The zero-order valence-electron chi connectivity index (χ0n) is 23.9. The molecule has 2 atom stereocenters. The summed E-state index contributed by atoms with van der Waals surface area (Å²) in [4.78, 5) is 32.9. The molecule has 214 valence electrons. The van der Waals surface area contributed by atoms with E-state index in [1.807, 2.05) is 60.0 Å². The highest BCUT2D eigenvalue weighted by atomic mass is 16.5. The second-order valence-corrected chi connectivity index (χ2v) is 11.2. The lowest BCUT2D eigenvalue weighted by atomic mass is 9.93. The van der Waals surface area contributed by atoms with Gasteiger partial charge in [0.1, 0.15) is 17.3 Å². The third kappa shape index (κ3) is 5.18. The van der Waals surface area contributed by atoms with E-state index in [2.05, 4.69) is 10.3 Å². The van der Waals surface area contributed by atoms with Crippen LogP contribution in [0.2, 0.25) is 0 Å². The Kier molecular flexibility index (Phi) is 7.23. The lowest BCUT2D eigenvalue weighted by Crippen LogP contribution is -2.41. The van der Waals surface area contributed by atoms with E-state index >= 15 is 0 Å². The fourth-order valence-corrected chi connectivity index (χ4v) is 6.34. The molecule has 1 saturated heterocycles. The molecule has 1 amide bonds. The maximum absolute atomic E-state index is 13.4. The quantitative estimate of drug-likeness (QED) is 0.327. The summed E-state index contributed by atoms with van der Waals surface area (Å²) < 4.78 is 18.3. The van der Waals surface area contributed by atoms with Crippen LogP contribution in [0.15, 0.2) is 40.9 Å². The molecular formula is C31H35N5O5. The van der Waals surface area contributed by atoms with Crippen molar-refractivity contribution in [1.82, 2.24) is 24.8 Å². The Bertz CT molecular complexity index is 1600. The maximum Gasteiger partial charge on any atom is 0.230 e. The summed E-state index contributed by atoms with van der Waals surface area (Å²) in [5, 5.41) is 9.84. The maximum atomic E-state index is 13.4. The molecule has 6 rings (SSSR count). The van der Waals surface area contributed by atoms with Crippen LogP contribution in [0.3, 0.4) is 0 Å². The summed E-state index contributed by atoms with van der Waals surface area (Å²) in [7, 11) is 5.15. The largest absolute Gasteiger partial charge is 0.497 e. The fraction of sp³-hybridized carbons (Fsp3) is 0.452. The molecule has 0 spiro atoms. The number of ether oxygens (including phenoxy) is 2. The Balaban J connectivity index is 1.06. The minimum atomic E-state index is -0.270. The summed E-state index contributed by atoms with van der Waals surface area (Å²) in [5.41, 5.74) is 3.85. The number of Topliss-reactive ketones (excluding diaryl/α,β-unsaturated/α-hetero) is 1. The van der Waals surface area contributed by atoms with Gasteiger partial charge in [-0.05, 0) is 50.3 Å². The Labute approximate surface area is 238 Å². The van der Waals surface area contributed by atoms with E-state index in [0.29, 0.717) is 55.6 Å². The number of fused-ring (bicyclic) bond motifs is 1. The normalized spacial score (nSPS) is 19.7. The number of likely N-dealkylation sites (tertiary alicyclic amines) is 1. The van der Waals surface area contributed by atoms with Gasteiger partial charge in [0, 0.05) is 61.3 Å². The lowest BCUT2D eigenvalue weighted by molar-refractivity contribution is -0.137. The van der Waals surface area contributed by atoms with Crippen molar-refractivity contribution in [2.45, 2.75) is 44.9 Å². The van der Waals surface area contributed by atoms with Crippen LogP contribution >= 0.6 is 0 Å². The third-order valence-corrected chi connectivity index (χ3v) is 8.67. The molecule has 2 aliphatic rings. The molecule has 3 heterocycles. The molecule has 10 heteroatoms. The summed E-state index contributed by atoms with van der Waals surface area (Å²) in [6.07, 6.45) is 2.93. The summed E-state index contributed by atoms with van der Waals surface area (Å²) in [6, 6.07) is 11.7. The average Bonchev–Trinajstić information content (AvgIpc) is 3.70. The highest BCUT2D eigenvalue weighted by molar-refractivity contribution is 5.92. The van der Waals surface area contributed by atoms with E-state index in [4.69, 9.17) is 19.0 Å². The number of aryl methyl sites for hydroxylation is 2. The predicted molar refractivity (Wildman–Crippen MR) is 152 cm³/mol. The molecule has 1 aliphatic carbocycles. The monoisotopic (exact) mass is 557 g/mol. The molecule has 10 nitrogen and oxygen atoms in total. The molecule has 4 aromatic rings. The minimum Gasteiger partial charge on any atom is -0.497 e. The molecular weight excluding hydrogens is 522 g/mol. The van der Waals surface area contributed by atoms with Gasteiger partial charge in [0.2, 0.25) is 17.6 Å². The number of hydrogen-bond acceptors (Lipinski definition) is 8. The molecule has 2 unspecified atom stereocenters. The van der Waals surface area contributed by atoms with Gasteiger partial charge in [0.25, 0.3) is 0 Å². The third-order valence-electron chi connectivity index (χ3n) is 8.67. The predicted octanol–water partition coefficient (Wildman–Crippen LogP) is 4.49. The van der Waals surface area contributed by atoms with Crippen molar-refractivity contribution >= 4 is 22.6 Å². The van der Waals surface area contributed by atoms with Gasteiger partial charge in [-0.25, -0.2) is 0 Å². The Hall–Kier alpha value is -4.21. The number of benzene rings is 2. The number of carbonyl (C=O) groups is 2. The number of ketones is 1. The van der Waals surface area contributed by atoms with Gasteiger partial charge < -0.3 is 18.9 Å². The van der Waals surface area contributed by atoms with Crippen molar-refractivity contribution in [3.05, 3.63) is 53.5 Å². The number of methoxy groups -OCH3 is 2. The summed E-state index contributed by atoms with van der Waals surface area (Å²) >= 11 is 0. The topological polar surface area (TPSA) is 113 Å². The molecule has 0 radical (unpaired) electrons. The summed E-state index contributed by atoms with van der Waals surface area (Å²) in [6.45, 7) is 3.22. The number of hydrogen-bond donors (Lipinski definition) is 0. The van der Waals surface area contributed by atoms with Gasteiger partial charge in [-0.15, -0.1) is 0 Å². The van der Waals surface area contributed by atoms with Crippen molar-refractivity contribution < 1.29 is 23.6 Å². The number of amides is 1. The molecule has 0 N–H and O–H groups in total. The van der Waals surface area contributed by atoms with Crippen LogP contribution in [0.1, 0.15) is 48.7 Å². The van der Waals surface area contributed by atoms with Crippen LogP contribution < -0.4 is 9.47 Å². The highest BCUT2D eigenvalue weighted by Gasteiger charge is 2.40. The minimum absolute atomic E-state index is 0.0759. The van der Waals surface area contributed by atoms with E-state index in [1.54, 1.807) is 14.2 Å². The summed E-state index contributed by atoms with van der Waals surface area (Å²) in [5.74, 6) is 2.44. The van der Waals surface area contributed by atoms with Crippen LogP contribution in [-0.4, -0.2) is 63.8 Å². The first kappa shape index (κ1) is 27.0. The Morgan fingerprint density at radius 1 is 1.10 bits per heavy atom.